The van der Waals surface area contributed by atoms with Crippen molar-refractivity contribution in [3.05, 3.63) is 59.7 Å². The number of methoxy groups -OCH3 is 1. The summed E-state index contributed by atoms with van der Waals surface area (Å²) in [5.74, 6) is 1.22. The van der Waals surface area contributed by atoms with Gasteiger partial charge in [-0.3, -0.25) is 4.79 Å². The van der Waals surface area contributed by atoms with Crippen LogP contribution in [0.15, 0.2) is 48.5 Å². The van der Waals surface area contributed by atoms with E-state index in [1.54, 1.807) is 7.11 Å². The second-order valence-corrected chi connectivity index (χ2v) is 6.57. The zero-order valence-electron chi connectivity index (χ0n) is 15.1. The van der Waals surface area contributed by atoms with Crippen LogP contribution in [0, 0.1) is 0 Å². The molecule has 138 valence electrons. The summed E-state index contributed by atoms with van der Waals surface area (Å²) >= 11 is 0. The lowest BCUT2D eigenvalue weighted by Gasteiger charge is -2.36. The molecule has 1 aromatic heterocycles. The number of aromatic nitrogens is 4. The number of carbonyl (C=O) groups is 1. The highest BCUT2D eigenvalue weighted by molar-refractivity contribution is 6.00. The number of rotatable bonds is 4. The smallest absolute Gasteiger partial charge is 0.255 e. The molecule has 0 saturated carbocycles. The maximum absolute atomic E-state index is 13.5. The van der Waals surface area contributed by atoms with Crippen molar-refractivity contribution < 1.29 is 9.53 Å². The molecular formula is C20H21N5O2. The van der Waals surface area contributed by atoms with E-state index in [2.05, 4.69) is 26.7 Å². The van der Waals surface area contributed by atoms with Gasteiger partial charge < -0.3 is 9.64 Å². The molecule has 1 amide bonds. The van der Waals surface area contributed by atoms with Crippen molar-refractivity contribution in [2.24, 2.45) is 0 Å². The second-order valence-electron chi connectivity index (χ2n) is 6.57. The van der Waals surface area contributed by atoms with E-state index in [0.717, 1.165) is 37.1 Å². The summed E-state index contributed by atoms with van der Waals surface area (Å²) in [5.41, 5.74) is 2.37. The van der Waals surface area contributed by atoms with Crippen molar-refractivity contribution in [3.63, 3.8) is 0 Å². The summed E-state index contributed by atoms with van der Waals surface area (Å²) < 4.78 is 5.36. The van der Waals surface area contributed by atoms with Crippen LogP contribution in [-0.4, -0.2) is 45.1 Å². The minimum atomic E-state index is -0.0112. The molecule has 7 heteroatoms. The molecule has 0 aliphatic carbocycles. The van der Waals surface area contributed by atoms with Crippen molar-refractivity contribution in [2.75, 3.05) is 13.7 Å². The summed E-state index contributed by atoms with van der Waals surface area (Å²) in [7, 11) is 1.66. The maximum atomic E-state index is 13.5. The molecule has 1 saturated heterocycles. The lowest BCUT2D eigenvalue weighted by atomic mass is 9.93. The van der Waals surface area contributed by atoms with E-state index < -0.39 is 0 Å². The van der Waals surface area contributed by atoms with E-state index in [9.17, 15) is 4.79 Å². The molecule has 2 aromatic carbocycles. The molecule has 1 aliphatic heterocycles. The number of piperidine rings is 1. The first kappa shape index (κ1) is 17.2. The lowest BCUT2D eigenvalue weighted by molar-refractivity contribution is 0.0612. The minimum Gasteiger partial charge on any atom is -0.497 e. The van der Waals surface area contributed by atoms with E-state index in [1.807, 2.05) is 47.4 Å². The van der Waals surface area contributed by atoms with Crippen LogP contribution in [0.3, 0.4) is 0 Å². The van der Waals surface area contributed by atoms with Crippen molar-refractivity contribution in [2.45, 2.75) is 25.3 Å². The molecule has 2 heterocycles. The van der Waals surface area contributed by atoms with Crippen molar-refractivity contribution in [1.82, 2.24) is 25.5 Å². The van der Waals surface area contributed by atoms with E-state index in [1.165, 1.54) is 0 Å². The molecule has 0 unspecified atom stereocenters. The largest absolute Gasteiger partial charge is 0.497 e. The molecule has 4 rings (SSSR count). The van der Waals surface area contributed by atoms with Gasteiger partial charge in [0.15, 0.2) is 0 Å². The van der Waals surface area contributed by atoms with E-state index in [0.29, 0.717) is 17.0 Å². The summed E-state index contributed by atoms with van der Waals surface area (Å²) in [6.45, 7) is 0.724. The molecule has 1 aliphatic rings. The predicted molar refractivity (Wildman–Crippen MR) is 100 cm³/mol. The summed E-state index contributed by atoms with van der Waals surface area (Å²) in [6.07, 6.45) is 3.03. The first-order valence-electron chi connectivity index (χ1n) is 9.05. The number of hydrogen-bond donors (Lipinski definition) is 1. The van der Waals surface area contributed by atoms with Crippen LogP contribution in [0.4, 0.5) is 0 Å². The van der Waals surface area contributed by atoms with E-state index in [-0.39, 0.29) is 11.9 Å². The van der Waals surface area contributed by atoms with Gasteiger partial charge in [0, 0.05) is 12.1 Å². The quantitative estimate of drug-likeness (QED) is 0.769. The number of nitrogens with zero attached hydrogens (tertiary/aromatic N) is 4. The number of hydrogen-bond acceptors (Lipinski definition) is 5. The third kappa shape index (κ3) is 3.40. The van der Waals surface area contributed by atoms with Crippen molar-refractivity contribution >= 4 is 5.91 Å². The number of nitrogens with one attached hydrogen (secondary N) is 1. The number of aromatic amines is 1. The average molecular weight is 363 g/mol. The third-order valence-corrected chi connectivity index (χ3v) is 4.99. The number of carbonyl (C=O) groups excluding carboxylic acids is 1. The van der Waals surface area contributed by atoms with Gasteiger partial charge in [-0.05, 0) is 48.2 Å². The average Bonchev–Trinajstić information content (AvgIpc) is 3.28. The van der Waals surface area contributed by atoms with Crippen LogP contribution in [0.5, 0.6) is 5.75 Å². The molecule has 1 atom stereocenters. The highest BCUT2D eigenvalue weighted by atomic mass is 16.5. The number of ether oxygens (including phenoxy) is 1. The Morgan fingerprint density at radius 3 is 2.89 bits per heavy atom. The zero-order valence-corrected chi connectivity index (χ0v) is 15.1. The fourth-order valence-corrected chi connectivity index (χ4v) is 3.67. The summed E-state index contributed by atoms with van der Waals surface area (Å²) in [5, 5.41) is 14.2. The molecule has 3 aromatic rings. The summed E-state index contributed by atoms with van der Waals surface area (Å²) in [4.78, 5) is 15.4. The van der Waals surface area contributed by atoms with Gasteiger partial charge in [-0.1, -0.05) is 30.3 Å². The van der Waals surface area contributed by atoms with Crippen LogP contribution in [0.2, 0.25) is 0 Å². The van der Waals surface area contributed by atoms with Crippen molar-refractivity contribution in [3.8, 4) is 17.1 Å². The van der Waals surface area contributed by atoms with Crippen LogP contribution in [0.1, 0.15) is 41.2 Å². The number of amides is 1. The van der Waals surface area contributed by atoms with Gasteiger partial charge in [0.05, 0.1) is 18.7 Å². The van der Waals surface area contributed by atoms with Gasteiger partial charge in [0.25, 0.3) is 5.91 Å². The Bertz CT molecular complexity index is 926. The molecule has 27 heavy (non-hydrogen) atoms. The Labute approximate surface area is 157 Å². The van der Waals surface area contributed by atoms with Crippen LogP contribution in [0.25, 0.3) is 11.4 Å². The van der Waals surface area contributed by atoms with Gasteiger partial charge in [-0.2, -0.15) is 5.21 Å². The first-order valence-corrected chi connectivity index (χ1v) is 9.05. The van der Waals surface area contributed by atoms with Crippen molar-refractivity contribution in [1.29, 1.82) is 0 Å². The molecule has 1 N–H and O–H groups in total. The SMILES string of the molecule is COc1cccc([C@H]2CCCCN2C(=O)c2ccccc2-c2nn[nH]n2)c1. The molecule has 0 spiro atoms. The fourth-order valence-electron chi connectivity index (χ4n) is 3.67. The maximum Gasteiger partial charge on any atom is 0.255 e. The number of H-pyrrole nitrogens is 1. The monoisotopic (exact) mass is 363 g/mol. The third-order valence-electron chi connectivity index (χ3n) is 4.99. The Morgan fingerprint density at radius 2 is 2.07 bits per heavy atom. The number of tetrazole rings is 1. The Balaban J connectivity index is 1.70. The van der Waals surface area contributed by atoms with E-state index >= 15 is 0 Å². The topological polar surface area (TPSA) is 84.0 Å². The van der Waals surface area contributed by atoms with Crippen LogP contribution >= 0.6 is 0 Å². The van der Waals surface area contributed by atoms with Crippen LogP contribution < -0.4 is 4.74 Å². The van der Waals surface area contributed by atoms with E-state index in [4.69, 9.17) is 4.74 Å². The molecule has 1 fully saturated rings. The van der Waals surface area contributed by atoms with Gasteiger partial charge in [0.1, 0.15) is 5.75 Å². The normalized spacial score (nSPS) is 16.9. The lowest BCUT2D eigenvalue weighted by Crippen LogP contribution is -2.38. The zero-order chi connectivity index (χ0) is 18.6. The molecule has 0 radical (unpaired) electrons. The fraction of sp³-hybridized carbons (Fsp3) is 0.300. The Hall–Kier alpha value is -3.22. The number of benzene rings is 2. The van der Waals surface area contributed by atoms with Gasteiger partial charge in [0.2, 0.25) is 5.82 Å². The number of likely N-dealkylation sites (tertiary alicyclic amines) is 1. The minimum absolute atomic E-state index is 0.0112. The van der Waals surface area contributed by atoms with Crippen LogP contribution in [-0.2, 0) is 0 Å². The molecular weight excluding hydrogens is 342 g/mol. The predicted octanol–water partition coefficient (Wildman–Crippen LogP) is 3.24. The molecule has 7 nitrogen and oxygen atoms in total. The standard InChI is InChI=1S/C20H21N5O2/c1-27-15-8-6-7-14(13-15)18-11-4-5-12-25(18)20(26)17-10-3-2-9-16(17)19-21-23-24-22-19/h2-3,6-10,13,18H,4-5,11-12H2,1H3,(H,21,22,23,24)/t18-/m1/s1. The molecule has 0 bridgehead atoms. The first-order chi connectivity index (χ1) is 13.3. The summed E-state index contributed by atoms with van der Waals surface area (Å²) in [6, 6.07) is 15.4. The van der Waals surface area contributed by atoms with Gasteiger partial charge >= 0.3 is 0 Å². The van der Waals surface area contributed by atoms with Gasteiger partial charge in [-0.25, -0.2) is 0 Å². The highest BCUT2D eigenvalue weighted by Crippen LogP contribution is 2.34. The second kappa shape index (κ2) is 7.57. The Morgan fingerprint density at radius 1 is 1.19 bits per heavy atom. The van der Waals surface area contributed by atoms with Gasteiger partial charge in [-0.15, -0.1) is 10.2 Å². The highest BCUT2D eigenvalue weighted by Gasteiger charge is 2.30. The Kier molecular flexibility index (Phi) is 4.82.